The van der Waals surface area contributed by atoms with Crippen LogP contribution in [0.1, 0.15) is 22.9 Å². The lowest BCUT2D eigenvalue weighted by atomic mass is 10.0. The Morgan fingerprint density at radius 1 is 1.11 bits per heavy atom. The van der Waals surface area contributed by atoms with E-state index in [0.29, 0.717) is 6.04 Å². The lowest BCUT2D eigenvalue weighted by Crippen LogP contribution is -2.16. The maximum Gasteiger partial charge on any atom is 0.0346 e. The zero-order valence-electron chi connectivity index (χ0n) is 10.9. The summed E-state index contributed by atoms with van der Waals surface area (Å²) < 4.78 is 1.38. The molecule has 2 heterocycles. The van der Waals surface area contributed by atoms with Crippen molar-refractivity contribution in [2.45, 2.75) is 18.9 Å². The molecule has 0 aliphatic rings. The van der Waals surface area contributed by atoms with Gasteiger partial charge in [0.15, 0.2) is 0 Å². The highest BCUT2D eigenvalue weighted by molar-refractivity contribution is 7.17. The van der Waals surface area contributed by atoms with Gasteiger partial charge in [0.2, 0.25) is 0 Å². The van der Waals surface area contributed by atoms with Crippen molar-refractivity contribution in [3.8, 4) is 0 Å². The van der Waals surface area contributed by atoms with E-state index in [0.717, 1.165) is 12.8 Å². The molecule has 0 aliphatic carbocycles. The molecule has 0 amide bonds. The second-order valence-corrected chi connectivity index (χ2v) is 6.59. The number of thiophene rings is 2. The van der Waals surface area contributed by atoms with Crippen molar-refractivity contribution in [3.05, 3.63) is 57.6 Å². The molecule has 19 heavy (non-hydrogen) atoms. The summed E-state index contributed by atoms with van der Waals surface area (Å²) in [6.07, 6.45) is 2.30. The Hall–Kier alpha value is -1.16. The molecule has 1 unspecified atom stereocenters. The second kappa shape index (κ2) is 5.87. The van der Waals surface area contributed by atoms with E-state index in [1.54, 1.807) is 0 Å². The van der Waals surface area contributed by atoms with Crippen LogP contribution in [0.15, 0.2) is 47.2 Å². The number of fused-ring (bicyclic) bond motifs is 1. The minimum absolute atomic E-state index is 0.443. The molecule has 3 aromatic rings. The van der Waals surface area contributed by atoms with Gasteiger partial charge in [-0.2, -0.15) is 0 Å². The molecular formula is C16H17NS2. The van der Waals surface area contributed by atoms with Gasteiger partial charge in [-0.05, 0) is 53.7 Å². The smallest absolute Gasteiger partial charge is 0.0346 e. The monoisotopic (exact) mass is 287 g/mol. The third kappa shape index (κ3) is 2.73. The Balaban J connectivity index is 1.81. The van der Waals surface area contributed by atoms with Crippen LogP contribution in [0, 0.1) is 0 Å². The predicted octanol–water partition coefficient (Wildman–Crippen LogP) is 4.86. The van der Waals surface area contributed by atoms with Gasteiger partial charge >= 0.3 is 0 Å². The van der Waals surface area contributed by atoms with Crippen LogP contribution in [0.5, 0.6) is 0 Å². The van der Waals surface area contributed by atoms with Crippen molar-refractivity contribution in [2.24, 2.45) is 0 Å². The third-order valence-corrected chi connectivity index (χ3v) is 5.41. The van der Waals surface area contributed by atoms with Crippen molar-refractivity contribution in [3.63, 3.8) is 0 Å². The van der Waals surface area contributed by atoms with Crippen molar-refractivity contribution in [1.82, 2.24) is 5.32 Å². The first kappa shape index (κ1) is 12.9. The van der Waals surface area contributed by atoms with E-state index >= 15 is 0 Å². The van der Waals surface area contributed by atoms with Crippen molar-refractivity contribution in [1.29, 1.82) is 0 Å². The van der Waals surface area contributed by atoms with Crippen LogP contribution >= 0.6 is 22.7 Å². The van der Waals surface area contributed by atoms with Crippen LogP contribution < -0.4 is 5.32 Å². The number of nitrogens with one attached hydrogen (secondary N) is 1. The fraction of sp³-hybridized carbons (Fsp3) is 0.250. The lowest BCUT2D eigenvalue weighted by molar-refractivity contribution is 0.556. The first-order chi connectivity index (χ1) is 9.38. The zero-order valence-corrected chi connectivity index (χ0v) is 12.6. The van der Waals surface area contributed by atoms with Gasteiger partial charge in [0.05, 0.1) is 0 Å². The summed E-state index contributed by atoms with van der Waals surface area (Å²) in [6, 6.07) is 13.5. The first-order valence-corrected chi connectivity index (χ1v) is 8.30. The van der Waals surface area contributed by atoms with E-state index in [1.807, 2.05) is 22.7 Å². The van der Waals surface area contributed by atoms with Crippen LogP contribution in [0.2, 0.25) is 0 Å². The van der Waals surface area contributed by atoms with E-state index in [-0.39, 0.29) is 0 Å². The van der Waals surface area contributed by atoms with Crippen LogP contribution in [-0.4, -0.2) is 7.05 Å². The van der Waals surface area contributed by atoms with Crippen molar-refractivity contribution in [2.75, 3.05) is 7.05 Å². The summed E-state index contributed by atoms with van der Waals surface area (Å²) in [7, 11) is 2.06. The molecule has 1 nitrogen and oxygen atoms in total. The molecule has 0 spiro atoms. The summed E-state index contributed by atoms with van der Waals surface area (Å²) in [6.45, 7) is 0. The van der Waals surface area contributed by atoms with Crippen molar-refractivity contribution >= 4 is 32.8 Å². The molecule has 1 N–H and O–H groups in total. The number of rotatable bonds is 5. The molecule has 2 aromatic heterocycles. The quantitative estimate of drug-likeness (QED) is 0.707. The van der Waals surface area contributed by atoms with Gasteiger partial charge in [0.1, 0.15) is 0 Å². The number of benzene rings is 1. The molecule has 0 saturated heterocycles. The average molecular weight is 287 g/mol. The number of aryl methyl sites for hydroxylation is 1. The summed E-state index contributed by atoms with van der Waals surface area (Å²) in [5, 5.41) is 9.33. The van der Waals surface area contributed by atoms with Gasteiger partial charge in [-0.1, -0.05) is 24.3 Å². The maximum atomic E-state index is 3.47. The highest BCUT2D eigenvalue weighted by atomic mass is 32.1. The average Bonchev–Trinajstić information content (AvgIpc) is 3.09. The molecule has 1 atom stereocenters. The van der Waals surface area contributed by atoms with Gasteiger partial charge in [0, 0.05) is 15.6 Å². The van der Waals surface area contributed by atoms with E-state index in [2.05, 4.69) is 59.5 Å². The zero-order chi connectivity index (χ0) is 13.1. The van der Waals surface area contributed by atoms with E-state index in [1.165, 1.54) is 20.5 Å². The van der Waals surface area contributed by atoms with Crippen LogP contribution in [0.4, 0.5) is 0 Å². The van der Waals surface area contributed by atoms with E-state index in [4.69, 9.17) is 0 Å². The first-order valence-electron chi connectivity index (χ1n) is 6.54. The molecule has 0 radical (unpaired) electrons. The molecule has 0 fully saturated rings. The minimum Gasteiger partial charge on any atom is -0.313 e. The molecule has 98 valence electrons. The lowest BCUT2D eigenvalue weighted by Gasteiger charge is -2.15. The fourth-order valence-electron chi connectivity index (χ4n) is 2.46. The van der Waals surface area contributed by atoms with E-state index in [9.17, 15) is 0 Å². The Bertz CT molecular complexity index is 640. The van der Waals surface area contributed by atoms with Gasteiger partial charge in [0.25, 0.3) is 0 Å². The predicted molar refractivity (Wildman–Crippen MR) is 86.3 cm³/mol. The molecular weight excluding hydrogens is 270 g/mol. The fourth-order valence-corrected chi connectivity index (χ4v) is 4.20. The molecule has 1 aromatic carbocycles. The van der Waals surface area contributed by atoms with Crippen LogP contribution in [0.3, 0.4) is 0 Å². The largest absolute Gasteiger partial charge is 0.313 e. The minimum atomic E-state index is 0.443. The summed E-state index contributed by atoms with van der Waals surface area (Å²) in [4.78, 5) is 1.47. The molecule has 3 heteroatoms. The standard InChI is InChI=1S/C16H17NS2/c1-17-15(9-8-12-5-4-10-18-12)14-11-19-16-7-3-2-6-13(14)16/h2-7,10-11,15,17H,8-9H2,1H3. The molecule has 3 rings (SSSR count). The SMILES string of the molecule is CNC(CCc1cccs1)c1csc2ccccc12. The Labute approximate surface area is 121 Å². The highest BCUT2D eigenvalue weighted by Crippen LogP contribution is 2.32. The molecule has 0 aliphatic heterocycles. The highest BCUT2D eigenvalue weighted by Gasteiger charge is 2.14. The van der Waals surface area contributed by atoms with Gasteiger partial charge in [-0.25, -0.2) is 0 Å². The second-order valence-electron chi connectivity index (χ2n) is 4.65. The summed E-state index contributed by atoms with van der Waals surface area (Å²) in [5.41, 5.74) is 1.44. The van der Waals surface area contributed by atoms with E-state index < -0.39 is 0 Å². The van der Waals surface area contributed by atoms with Gasteiger partial charge < -0.3 is 5.32 Å². The van der Waals surface area contributed by atoms with Crippen LogP contribution in [-0.2, 0) is 6.42 Å². The van der Waals surface area contributed by atoms with Gasteiger partial charge in [-0.15, -0.1) is 22.7 Å². The Kier molecular flexibility index (Phi) is 3.97. The normalized spacial score (nSPS) is 12.9. The van der Waals surface area contributed by atoms with Gasteiger partial charge in [-0.3, -0.25) is 0 Å². The topological polar surface area (TPSA) is 12.0 Å². The van der Waals surface area contributed by atoms with Crippen molar-refractivity contribution < 1.29 is 0 Å². The molecule has 0 bridgehead atoms. The molecule has 0 saturated carbocycles. The van der Waals surface area contributed by atoms with Crippen LogP contribution in [0.25, 0.3) is 10.1 Å². The number of hydrogen-bond donors (Lipinski definition) is 1. The Morgan fingerprint density at radius 3 is 2.79 bits per heavy atom. The maximum absolute atomic E-state index is 3.47. The number of hydrogen-bond acceptors (Lipinski definition) is 3. The summed E-state index contributed by atoms with van der Waals surface area (Å²) in [5.74, 6) is 0. The Morgan fingerprint density at radius 2 is 2.00 bits per heavy atom. The summed E-state index contributed by atoms with van der Waals surface area (Å²) >= 11 is 3.69. The third-order valence-electron chi connectivity index (χ3n) is 3.49.